The Morgan fingerprint density at radius 3 is 2.61 bits per heavy atom. The first-order valence-electron chi connectivity index (χ1n) is 8.50. The fourth-order valence-electron chi connectivity index (χ4n) is 2.73. The van der Waals surface area contributed by atoms with Gasteiger partial charge in [-0.05, 0) is 48.9 Å². The van der Waals surface area contributed by atoms with Crippen LogP contribution in [0.5, 0.6) is 0 Å². The summed E-state index contributed by atoms with van der Waals surface area (Å²) in [5.74, 6) is -2.45. The van der Waals surface area contributed by atoms with Crippen LogP contribution < -0.4 is 5.32 Å². The Morgan fingerprint density at radius 2 is 1.93 bits per heavy atom. The maximum atomic E-state index is 13.3. The van der Waals surface area contributed by atoms with Gasteiger partial charge in [0, 0.05) is 16.6 Å². The SMILES string of the molecule is Cc1nc(-c2cccc(Br)c2)ccc1C(=O)NCC(O)c1ccc(F)c(F)c1. The van der Waals surface area contributed by atoms with Crippen LogP contribution in [-0.4, -0.2) is 22.5 Å². The van der Waals surface area contributed by atoms with Gasteiger partial charge in [0.05, 0.1) is 23.1 Å². The molecule has 2 aromatic carbocycles. The van der Waals surface area contributed by atoms with E-state index in [9.17, 15) is 18.7 Å². The number of nitrogens with zero attached hydrogens (tertiary/aromatic N) is 1. The van der Waals surface area contributed by atoms with Crippen LogP contribution in [-0.2, 0) is 0 Å². The van der Waals surface area contributed by atoms with Crippen LogP contribution in [0.15, 0.2) is 59.1 Å². The molecule has 1 amide bonds. The van der Waals surface area contributed by atoms with Crippen molar-refractivity contribution in [1.82, 2.24) is 10.3 Å². The zero-order chi connectivity index (χ0) is 20.3. The average Bonchev–Trinajstić information content (AvgIpc) is 2.68. The van der Waals surface area contributed by atoms with Gasteiger partial charge in [0.1, 0.15) is 0 Å². The molecule has 4 nitrogen and oxygen atoms in total. The summed E-state index contributed by atoms with van der Waals surface area (Å²) < 4.78 is 27.2. The first-order chi connectivity index (χ1) is 13.3. The first kappa shape index (κ1) is 20.1. The van der Waals surface area contributed by atoms with Crippen molar-refractivity contribution >= 4 is 21.8 Å². The highest BCUT2D eigenvalue weighted by atomic mass is 79.9. The fourth-order valence-corrected chi connectivity index (χ4v) is 3.13. The smallest absolute Gasteiger partial charge is 0.253 e. The van der Waals surface area contributed by atoms with Gasteiger partial charge in [-0.1, -0.05) is 34.1 Å². The van der Waals surface area contributed by atoms with Crippen molar-refractivity contribution in [1.29, 1.82) is 0 Å². The predicted octanol–water partition coefficient (Wildman–Crippen LogP) is 4.56. The molecule has 7 heteroatoms. The molecule has 1 heterocycles. The van der Waals surface area contributed by atoms with E-state index in [1.54, 1.807) is 19.1 Å². The molecule has 3 aromatic rings. The topological polar surface area (TPSA) is 62.2 Å². The Labute approximate surface area is 169 Å². The molecule has 3 rings (SSSR count). The molecule has 0 spiro atoms. The number of carbonyl (C=O) groups excluding carboxylic acids is 1. The molecular weight excluding hydrogens is 430 g/mol. The Morgan fingerprint density at radius 1 is 1.14 bits per heavy atom. The zero-order valence-electron chi connectivity index (χ0n) is 14.9. The number of nitrogens with one attached hydrogen (secondary N) is 1. The summed E-state index contributed by atoms with van der Waals surface area (Å²) in [7, 11) is 0. The number of rotatable bonds is 5. The van der Waals surface area contributed by atoms with Crippen LogP contribution >= 0.6 is 15.9 Å². The molecule has 1 atom stereocenters. The number of hydrogen-bond donors (Lipinski definition) is 2. The van der Waals surface area contributed by atoms with Gasteiger partial charge in [-0.2, -0.15) is 0 Å². The predicted molar refractivity (Wildman–Crippen MR) is 106 cm³/mol. The number of aliphatic hydroxyl groups is 1. The van der Waals surface area contributed by atoms with E-state index in [2.05, 4.69) is 26.2 Å². The Bertz CT molecular complexity index is 1030. The van der Waals surface area contributed by atoms with Gasteiger partial charge in [0.15, 0.2) is 11.6 Å². The lowest BCUT2D eigenvalue weighted by Gasteiger charge is -2.14. The second kappa shape index (κ2) is 8.58. The van der Waals surface area contributed by atoms with Gasteiger partial charge in [-0.15, -0.1) is 0 Å². The zero-order valence-corrected chi connectivity index (χ0v) is 16.5. The molecule has 0 aliphatic carbocycles. The highest BCUT2D eigenvalue weighted by molar-refractivity contribution is 9.10. The number of halogens is 3. The molecule has 0 aliphatic rings. The van der Waals surface area contributed by atoms with Crippen LogP contribution in [0.4, 0.5) is 8.78 Å². The van der Waals surface area contributed by atoms with Crippen LogP contribution in [0, 0.1) is 18.6 Å². The van der Waals surface area contributed by atoms with Crippen molar-refractivity contribution in [3.8, 4) is 11.3 Å². The van der Waals surface area contributed by atoms with Crippen LogP contribution in [0.2, 0.25) is 0 Å². The van der Waals surface area contributed by atoms with Gasteiger partial charge < -0.3 is 10.4 Å². The van der Waals surface area contributed by atoms with E-state index in [1.807, 2.05) is 24.3 Å². The van der Waals surface area contributed by atoms with E-state index in [0.29, 0.717) is 11.3 Å². The van der Waals surface area contributed by atoms with Crippen molar-refractivity contribution in [2.24, 2.45) is 0 Å². The third-order valence-corrected chi connectivity index (χ3v) is 4.73. The van der Waals surface area contributed by atoms with Crippen molar-refractivity contribution in [2.75, 3.05) is 6.54 Å². The molecule has 0 fully saturated rings. The summed E-state index contributed by atoms with van der Waals surface area (Å²) in [4.78, 5) is 16.9. The molecule has 0 bridgehead atoms. The Kier molecular flexibility index (Phi) is 6.16. The molecule has 0 aliphatic heterocycles. The number of amides is 1. The van der Waals surface area contributed by atoms with E-state index >= 15 is 0 Å². The van der Waals surface area contributed by atoms with Crippen molar-refractivity contribution in [3.63, 3.8) is 0 Å². The Balaban J connectivity index is 1.69. The first-order valence-corrected chi connectivity index (χ1v) is 9.29. The monoisotopic (exact) mass is 446 g/mol. The molecule has 0 saturated heterocycles. The van der Waals surface area contributed by atoms with E-state index in [0.717, 1.165) is 27.9 Å². The van der Waals surface area contributed by atoms with Crippen LogP contribution in [0.3, 0.4) is 0 Å². The second-order valence-electron chi connectivity index (χ2n) is 6.24. The normalized spacial score (nSPS) is 11.9. The molecule has 144 valence electrons. The van der Waals surface area contributed by atoms with Crippen LogP contribution in [0.1, 0.15) is 27.7 Å². The number of aromatic nitrogens is 1. The number of carbonyl (C=O) groups is 1. The van der Waals surface area contributed by atoms with Gasteiger partial charge in [-0.3, -0.25) is 9.78 Å². The quantitative estimate of drug-likeness (QED) is 0.603. The maximum absolute atomic E-state index is 13.3. The minimum absolute atomic E-state index is 0.142. The molecular formula is C21H17BrF2N2O2. The summed E-state index contributed by atoms with van der Waals surface area (Å²) in [5.41, 5.74) is 2.74. The minimum atomic E-state index is -1.16. The minimum Gasteiger partial charge on any atom is -0.387 e. The van der Waals surface area contributed by atoms with Gasteiger partial charge in [0.25, 0.3) is 5.91 Å². The van der Waals surface area contributed by atoms with E-state index < -0.39 is 23.6 Å². The van der Waals surface area contributed by atoms with Gasteiger partial charge >= 0.3 is 0 Å². The lowest BCUT2D eigenvalue weighted by Crippen LogP contribution is -2.29. The van der Waals surface area contributed by atoms with Crippen molar-refractivity contribution < 1.29 is 18.7 Å². The van der Waals surface area contributed by atoms with Crippen molar-refractivity contribution in [2.45, 2.75) is 13.0 Å². The van der Waals surface area contributed by atoms with E-state index in [-0.39, 0.29) is 12.1 Å². The number of benzene rings is 2. The number of aryl methyl sites for hydroxylation is 1. The molecule has 1 unspecified atom stereocenters. The fraction of sp³-hybridized carbons (Fsp3) is 0.143. The molecule has 2 N–H and O–H groups in total. The third-order valence-electron chi connectivity index (χ3n) is 4.24. The summed E-state index contributed by atoms with van der Waals surface area (Å²) in [6.45, 7) is 1.58. The molecule has 28 heavy (non-hydrogen) atoms. The third kappa shape index (κ3) is 4.61. The van der Waals surface area contributed by atoms with E-state index in [1.165, 1.54) is 6.07 Å². The Hall–Kier alpha value is -2.64. The molecule has 1 aromatic heterocycles. The summed E-state index contributed by atoms with van der Waals surface area (Å²) in [6, 6.07) is 14.2. The number of hydrogen-bond acceptors (Lipinski definition) is 3. The van der Waals surface area contributed by atoms with Crippen molar-refractivity contribution in [3.05, 3.63) is 87.5 Å². The van der Waals surface area contributed by atoms with Crippen LogP contribution in [0.25, 0.3) is 11.3 Å². The summed E-state index contributed by atoms with van der Waals surface area (Å²) in [5, 5.41) is 12.7. The van der Waals surface area contributed by atoms with E-state index in [4.69, 9.17) is 0 Å². The second-order valence-corrected chi connectivity index (χ2v) is 7.15. The number of pyridine rings is 1. The van der Waals surface area contributed by atoms with Gasteiger partial charge in [0.2, 0.25) is 0 Å². The highest BCUT2D eigenvalue weighted by Gasteiger charge is 2.15. The lowest BCUT2D eigenvalue weighted by atomic mass is 10.1. The largest absolute Gasteiger partial charge is 0.387 e. The lowest BCUT2D eigenvalue weighted by molar-refractivity contribution is 0.0915. The highest BCUT2D eigenvalue weighted by Crippen LogP contribution is 2.22. The maximum Gasteiger partial charge on any atom is 0.253 e. The van der Waals surface area contributed by atoms with Gasteiger partial charge in [-0.25, -0.2) is 8.78 Å². The summed E-state index contributed by atoms with van der Waals surface area (Å²) in [6.07, 6.45) is -1.16. The number of aliphatic hydroxyl groups excluding tert-OH is 1. The summed E-state index contributed by atoms with van der Waals surface area (Å²) >= 11 is 3.42. The molecule has 0 saturated carbocycles. The molecule has 0 radical (unpaired) electrons. The average molecular weight is 447 g/mol. The standard InChI is InChI=1S/C21H17BrF2N2O2/c1-12-16(6-8-19(26-12)13-3-2-4-15(22)9-13)21(28)25-11-20(27)14-5-7-17(23)18(24)10-14/h2-10,20,27H,11H2,1H3,(H,25,28).